The number of nitrogens with zero attached hydrogens (tertiary/aromatic N) is 3. The largest absolute Gasteiger partial charge is 0.475 e. The molecule has 0 atom stereocenters. The van der Waals surface area contributed by atoms with Crippen LogP contribution in [0.5, 0.6) is 0 Å². The zero-order chi connectivity index (χ0) is 13.0. The van der Waals surface area contributed by atoms with E-state index in [2.05, 4.69) is 19.1 Å². The number of pyridine rings is 1. The Labute approximate surface area is 105 Å². The highest BCUT2D eigenvalue weighted by atomic mass is 32.2. The fourth-order valence-corrected chi connectivity index (χ4v) is 2.11. The molecule has 2 heterocycles. The van der Waals surface area contributed by atoms with Crippen molar-refractivity contribution < 1.29 is 13.2 Å². The SMILES string of the molecule is CCOC1=NS(=O)(=O)N=C1NCc1cccnc1. The number of amidine groups is 1. The molecule has 2 rings (SSSR count). The van der Waals surface area contributed by atoms with Crippen LogP contribution in [0.2, 0.25) is 0 Å². The van der Waals surface area contributed by atoms with Crippen molar-refractivity contribution in [3.8, 4) is 0 Å². The Bertz CT molecular complexity index is 580. The normalized spacial score (nSPS) is 16.9. The van der Waals surface area contributed by atoms with Crippen molar-refractivity contribution in [2.24, 2.45) is 8.80 Å². The smallest absolute Gasteiger partial charge is 0.368 e. The number of hydrogen-bond donors (Lipinski definition) is 1. The van der Waals surface area contributed by atoms with Crippen molar-refractivity contribution in [2.45, 2.75) is 13.5 Å². The molecule has 18 heavy (non-hydrogen) atoms. The van der Waals surface area contributed by atoms with Gasteiger partial charge in [0.05, 0.1) is 6.61 Å². The molecule has 0 saturated heterocycles. The summed E-state index contributed by atoms with van der Waals surface area (Å²) in [5.41, 5.74) is 0.903. The molecule has 1 aliphatic heterocycles. The third-order valence-corrected chi connectivity index (χ3v) is 2.88. The lowest BCUT2D eigenvalue weighted by molar-refractivity contribution is 0.334. The van der Waals surface area contributed by atoms with Crippen LogP contribution < -0.4 is 5.32 Å². The van der Waals surface area contributed by atoms with Crippen molar-refractivity contribution >= 4 is 21.9 Å². The predicted molar refractivity (Wildman–Crippen MR) is 66.5 cm³/mol. The van der Waals surface area contributed by atoms with Crippen LogP contribution in [-0.4, -0.2) is 31.7 Å². The van der Waals surface area contributed by atoms with Gasteiger partial charge in [-0.05, 0) is 18.6 Å². The summed E-state index contributed by atoms with van der Waals surface area (Å²) in [5, 5.41) is 2.86. The van der Waals surface area contributed by atoms with Crippen LogP contribution in [0.15, 0.2) is 33.3 Å². The van der Waals surface area contributed by atoms with E-state index in [4.69, 9.17) is 4.74 Å². The Balaban J connectivity index is 2.07. The second-order valence-corrected chi connectivity index (χ2v) is 4.69. The van der Waals surface area contributed by atoms with Gasteiger partial charge >= 0.3 is 10.2 Å². The van der Waals surface area contributed by atoms with E-state index in [1.165, 1.54) is 0 Å². The summed E-state index contributed by atoms with van der Waals surface area (Å²) in [6.07, 6.45) is 3.34. The molecule has 0 radical (unpaired) electrons. The summed E-state index contributed by atoms with van der Waals surface area (Å²) in [4.78, 5) is 3.95. The fraction of sp³-hybridized carbons (Fsp3) is 0.300. The molecule has 0 amide bonds. The van der Waals surface area contributed by atoms with E-state index in [-0.39, 0.29) is 11.7 Å². The van der Waals surface area contributed by atoms with Gasteiger partial charge in [0.25, 0.3) is 5.90 Å². The average Bonchev–Trinajstić information content (AvgIpc) is 2.63. The minimum atomic E-state index is -3.80. The molecule has 0 fully saturated rings. The van der Waals surface area contributed by atoms with Crippen LogP contribution in [0, 0.1) is 0 Å². The first-order valence-corrected chi connectivity index (χ1v) is 6.71. The molecule has 7 nitrogen and oxygen atoms in total. The first kappa shape index (κ1) is 12.5. The van der Waals surface area contributed by atoms with Crippen LogP contribution in [0.25, 0.3) is 0 Å². The predicted octanol–water partition coefficient (Wildman–Crippen LogP) is 0.263. The summed E-state index contributed by atoms with van der Waals surface area (Å²) >= 11 is 0. The van der Waals surface area contributed by atoms with Gasteiger partial charge < -0.3 is 10.1 Å². The number of nitrogens with one attached hydrogen (secondary N) is 1. The maximum atomic E-state index is 11.2. The Kier molecular flexibility index (Phi) is 3.56. The lowest BCUT2D eigenvalue weighted by Crippen LogP contribution is -2.30. The monoisotopic (exact) mass is 268 g/mol. The Hall–Kier alpha value is -1.96. The van der Waals surface area contributed by atoms with Gasteiger partial charge in [0, 0.05) is 18.9 Å². The molecule has 0 aliphatic carbocycles. The highest BCUT2D eigenvalue weighted by Crippen LogP contribution is 2.07. The average molecular weight is 268 g/mol. The molecular formula is C10H12N4O3S. The molecule has 96 valence electrons. The van der Waals surface area contributed by atoms with Crippen molar-refractivity contribution in [1.29, 1.82) is 0 Å². The van der Waals surface area contributed by atoms with Gasteiger partial charge in [-0.15, -0.1) is 8.80 Å². The molecule has 0 spiro atoms. The van der Waals surface area contributed by atoms with Crippen LogP contribution in [0.4, 0.5) is 0 Å². The molecule has 1 aromatic heterocycles. The van der Waals surface area contributed by atoms with Gasteiger partial charge in [0.15, 0.2) is 0 Å². The zero-order valence-electron chi connectivity index (χ0n) is 9.70. The van der Waals surface area contributed by atoms with Crippen molar-refractivity contribution in [3.63, 3.8) is 0 Å². The van der Waals surface area contributed by atoms with E-state index in [1.807, 2.05) is 6.07 Å². The topological polar surface area (TPSA) is 93.0 Å². The third-order valence-electron chi connectivity index (χ3n) is 2.07. The fourth-order valence-electron chi connectivity index (χ4n) is 1.35. The number of aromatic nitrogens is 1. The minimum absolute atomic E-state index is 0.00129. The number of hydrogen-bond acceptors (Lipinski definition) is 5. The van der Waals surface area contributed by atoms with Crippen molar-refractivity contribution in [2.75, 3.05) is 6.61 Å². The lowest BCUT2D eigenvalue weighted by atomic mass is 10.3. The first-order chi connectivity index (χ1) is 8.61. The van der Waals surface area contributed by atoms with Gasteiger partial charge in [-0.2, -0.15) is 8.42 Å². The van der Waals surface area contributed by atoms with Crippen molar-refractivity contribution in [3.05, 3.63) is 30.1 Å². The summed E-state index contributed by atoms with van der Waals surface area (Å²) in [6.45, 7) is 2.46. The van der Waals surface area contributed by atoms with Crippen LogP contribution in [0.1, 0.15) is 12.5 Å². The summed E-state index contributed by atoms with van der Waals surface area (Å²) in [7, 11) is -3.80. The molecule has 1 N–H and O–H groups in total. The van der Waals surface area contributed by atoms with E-state index < -0.39 is 10.2 Å². The quantitative estimate of drug-likeness (QED) is 0.849. The second-order valence-electron chi connectivity index (χ2n) is 3.43. The molecule has 0 aromatic carbocycles. The van der Waals surface area contributed by atoms with Crippen LogP contribution in [0.3, 0.4) is 0 Å². The highest BCUT2D eigenvalue weighted by Gasteiger charge is 2.25. The second kappa shape index (κ2) is 5.13. The maximum absolute atomic E-state index is 11.2. The molecular weight excluding hydrogens is 256 g/mol. The Morgan fingerprint density at radius 1 is 1.39 bits per heavy atom. The number of ether oxygens (including phenoxy) is 1. The summed E-state index contributed by atoms with van der Waals surface area (Å²) < 4.78 is 34.4. The van der Waals surface area contributed by atoms with Gasteiger partial charge in [-0.25, -0.2) is 0 Å². The molecule has 1 aromatic rings. The van der Waals surface area contributed by atoms with Crippen molar-refractivity contribution in [1.82, 2.24) is 10.3 Å². The van der Waals surface area contributed by atoms with Gasteiger partial charge in [0.1, 0.15) is 0 Å². The zero-order valence-corrected chi connectivity index (χ0v) is 10.5. The molecule has 1 aliphatic rings. The Morgan fingerprint density at radius 2 is 2.22 bits per heavy atom. The lowest BCUT2D eigenvalue weighted by Gasteiger charge is -2.07. The highest BCUT2D eigenvalue weighted by molar-refractivity contribution is 7.89. The molecule has 0 unspecified atom stereocenters. The Morgan fingerprint density at radius 3 is 2.89 bits per heavy atom. The van der Waals surface area contributed by atoms with E-state index >= 15 is 0 Å². The van der Waals surface area contributed by atoms with Crippen LogP contribution >= 0.6 is 0 Å². The van der Waals surface area contributed by atoms with Crippen LogP contribution in [-0.2, 0) is 21.5 Å². The van der Waals surface area contributed by atoms with E-state index in [9.17, 15) is 8.42 Å². The van der Waals surface area contributed by atoms with Gasteiger partial charge in [-0.1, -0.05) is 6.07 Å². The first-order valence-electron chi connectivity index (χ1n) is 5.31. The third kappa shape index (κ3) is 3.04. The molecule has 8 heteroatoms. The van der Waals surface area contributed by atoms with E-state index in [1.54, 1.807) is 25.4 Å². The summed E-state index contributed by atoms with van der Waals surface area (Å²) in [6, 6.07) is 3.66. The van der Waals surface area contributed by atoms with Gasteiger partial charge in [0.2, 0.25) is 5.84 Å². The maximum Gasteiger partial charge on any atom is 0.368 e. The van der Waals surface area contributed by atoms with E-state index in [0.717, 1.165) is 5.56 Å². The minimum Gasteiger partial charge on any atom is -0.475 e. The number of rotatable bonds is 3. The van der Waals surface area contributed by atoms with E-state index in [0.29, 0.717) is 13.2 Å². The molecule has 0 saturated carbocycles. The summed E-state index contributed by atoms with van der Waals surface area (Å²) in [5.74, 6) is 0.127. The van der Waals surface area contributed by atoms with Gasteiger partial charge in [-0.3, -0.25) is 4.98 Å². The molecule has 0 bridgehead atoms. The standard InChI is InChI=1S/C10H12N4O3S/c1-2-17-10-9(13-18(15,16)14-10)12-7-8-4-3-5-11-6-8/h3-6H,2,7H2,1H3,(H,12,13).